The van der Waals surface area contributed by atoms with Crippen molar-refractivity contribution in [2.24, 2.45) is 5.92 Å². The van der Waals surface area contributed by atoms with Gasteiger partial charge in [0.05, 0.1) is 13.0 Å². The first-order chi connectivity index (χ1) is 7.34. The minimum absolute atomic E-state index is 0.313. The number of amides is 1. The summed E-state index contributed by atoms with van der Waals surface area (Å²) in [6.45, 7) is 0. The second-order valence-electron chi connectivity index (χ2n) is 3.33. The molecule has 90 valence electrons. The molecule has 0 aliphatic heterocycles. The lowest BCUT2D eigenvalue weighted by Gasteiger charge is -2.16. The van der Waals surface area contributed by atoms with E-state index in [0.717, 1.165) is 0 Å². The number of hydrogen-bond donors (Lipinski definition) is 1. The molecule has 0 saturated heterocycles. The van der Waals surface area contributed by atoms with Gasteiger partial charge < -0.3 is 10.1 Å². The van der Waals surface area contributed by atoms with Crippen LogP contribution in [0.15, 0.2) is 12.2 Å². The fraction of sp³-hybridized carbons (Fsp3) is 0.556. The van der Waals surface area contributed by atoms with E-state index in [0.29, 0.717) is 6.42 Å². The topological polar surface area (TPSA) is 55.4 Å². The zero-order valence-corrected chi connectivity index (χ0v) is 10.6. The molecule has 0 heterocycles. The summed E-state index contributed by atoms with van der Waals surface area (Å²) < 4.78 is 2.58. The summed E-state index contributed by atoms with van der Waals surface area (Å²) in [4.78, 5) is 22.5. The van der Waals surface area contributed by atoms with Crippen molar-refractivity contribution in [2.75, 3.05) is 7.11 Å². The highest BCUT2D eigenvalue weighted by Gasteiger charge is 2.34. The van der Waals surface area contributed by atoms with Gasteiger partial charge in [-0.15, -0.1) is 0 Å². The number of alkyl halides is 3. The average Bonchev–Trinajstić information content (AvgIpc) is 2.63. The highest BCUT2D eigenvalue weighted by Crippen LogP contribution is 2.27. The largest absolute Gasteiger partial charge is 0.469 e. The first-order valence-corrected chi connectivity index (χ1v) is 5.62. The number of carbonyl (C=O) groups is 2. The third-order valence-electron chi connectivity index (χ3n) is 2.16. The van der Waals surface area contributed by atoms with E-state index in [1.807, 2.05) is 0 Å². The normalized spacial score (nSPS) is 24.2. The van der Waals surface area contributed by atoms with E-state index in [1.54, 1.807) is 12.2 Å². The van der Waals surface area contributed by atoms with Crippen LogP contribution in [0.4, 0.5) is 0 Å². The van der Waals surface area contributed by atoms with E-state index in [4.69, 9.17) is 34.8 Å². The maximum absolute atomic E-state index is 11.3. The Bertz CT molecular complexity index is 324. The summed E-state index contributed by atoms with van der Waals surface area (Å²) in [7, 11) is 1.31. The Morgan fingerprint density at radius 2 is 2.00 bits per heavy atom. The number of ether oxygens (including phenoxy) is 1. The third kappa shape index (κ3) is 3.54. The fourth-order valence-electron chi connectivity index (χ4n) is 1.38. The lowest BCUT2D eigenvalue weighted by molar-refractivity contribution is -0.143. The van der Waals surface area contributed by atoms with E-state index in [1.165, 1.54) is 7.11 Å². The minimum atomic E-state index is -1.99. The highest BCUT2D eigenvalue weighted by molar-refractivity contribution is 6.76. The van der Waals surface area contributed by atoms with Crippen LogP contribution in [0.3, 0.4) is 0 Å². The molecular formula is C9H10Cl3NO3. The summed E-state index contributed by atoms with van der Waals surface area (Å²) in [5.41, 5.74) is 0. The van der Waals surface area contributed by atoms with Gasteiger partial charge in [0.2, 0.25) is 0 Å². The summed E-state index contributed by atoms with van der Waals surface area (Å²) in [6, 6.07) is -0.313. The monoisotopic (exact) mass is 285 g/mol. The van der Waals surface area contributed by atoms with Gasteiger partial charge in [-0.1, -0.05) is 47.0 Å². The molecule has 0 radical (unpaired) electrons. The molecule has 0 spiro atoms. The Balaban J connectivity index is 2.47. The van der Waals surface area contributed by atoms with Crippen LogP contribution in [0.25, 0.3) is 0 Å². The van der Waals surface area contributed by atoms with Crippen LogP contribution in [0.1, 0.15) is 6.42 Å². The van der Waals surface area contributed by atoms with Gasteiger partial charge in [-0.05, 0) is 6.42 Å². The van der Waals surface area contributed by atoms with Gasteiger partial charge in [0.25, 0.3) is 9.70 Å². The van der Waals surface area contributed by atoms with Crippen LogP contribution in [0.5, 0.6) is 0 Å². The van der Waals surface area contributed by atoms with Gasteiger partial charge in [-0.3, -0.25) is 9.59 Å². The molecule has 0 saturated carbocycles. The van der Waals surface area contributed by atoms with Crippen molar-refractivity contribution < 1.29 is 14.3 Å². The third-order valence-corrected chi connectivity index (χ3v) is 2.68. The zero-order valence-electron chi connectivity index (χ0n) is 8.38. The van der Waals surface area contributed by atoms with Crippen LogP contribution < -0.4 is 5.32 Å². The molecule has 1 aliphatic carbocycles. The van der Waals surface area contributed by atoms with Gasteiger partial charge in [-0.25, -0.2) is 0 Å². The molecule has 0 aromatic rings. The van der Waals surface area contributed by atoms with Crippen molar-refractivity contribution in [3.05, 3.63) is 12.2 Å². The Hall–Kier alpha value is -0.450. The van der Waals surface area contributed by atoms with E-state index in [-0.39, 0.29) is 17.9 Å². The van der Waals surface area contributed by atoms with Gasteiger partial charge in [-0.2, -0.15) is 0 Å². The number of esters is 1. The molecule has 1 aliphatic rings. The number of nitrogens with one attached hydrogen (secondary N) is 1. The second-order valence-corrected chi connectivity index (χ2v) is 5.61. The predicted octanol–water partition coefficient (Wildman–Crippen LogP) is 1.59. The van der Waals surface area contributed by atoms with E-state index in [9.17, 15) is 9.59 Å². The minimum Gasteiger partial charge on any atom is -0.469 e. The molecule has 0 unspecified atom stereocenters. The molecule has 0 bridgehead atoms. The van der Waals surface area contributed by atoms with Crippen molar-refractivity contribution in [1.82, 2.24) is 5.32 Å². The average molecular weight is 287 g/mol. The molecule has 0 fully saturated rings. The van der Waals surface area contributed by atoms with Crippen molar-refractivity contribution in [3.63, 3.8) is 0 Å². The molecule has 1 rings (SSSR count). The maximum Gasteiger partial charge on any atom is 0.312 e. The molecule has 0 aromatic heterocycles. The summed E-state index contributed by atoms with van der Waals surface area (Å²) in [5.74, 6) is -1.41. The van der Waals surface area contributed by atoms with Crippen LogP contribution in [0, 0.1) is 5.92 Å². The van der Waals surface area contributed by atoms with Crippen LogP contribution >= 0.6 is 34.8 Å². The molecule has 1 N–H and O–H groups in total. The van der Waals surface area contributed by atoms with Crippen LogP contribution in [0.2, 0.25) is 0 Å². The van der Waals surface area contributed by atoms with E-state index < -0.39 is 9.70 Å². The van der Waals surface area contributed by atoms with Crippen LogP contribution in [-0.2, 0) is 14.3 Å². The molecular weight excluding hydrogens is 276 g/mol. The summed E-state index contributed by atoms with van der Waals surface area (Å²) in [6.07, 6.45) is 3.75. The molecule has 1 amide bonds. The molecule has 16 heavy (non-hydrogen) atoms. The molecule has 7 heteroatoms. The van der Waals surface area contributed by atoms with E-state index >= 15 is 0 Å². The van der Waals surface area contributed by atoms with Gasteiger partial charge >= 0.3 is 5.97 Å². The van der Waals surface area contributed by atoms with Gasteiger partial charge in [0, 0.05) is 6.04 Å². The summed E-state index contributed by atoms with van der Waals surface area (Å²) in [5, 5.41) is 2.50. The maximum atomic E-state index is 11.3. The standard InChI is InChI=1S/C9H10Cl3NO3/c1-16-7(14)5-2-3-6(4-5)13-8(15)9(10,11)12/h2-3,5-6H,4H2,1H3,(H,13,15)/t5-,6+/m1/s1. The smallest absolute Gasteiger partial charge is 0.312 e. The number of rotatable bonds is 2. The van der Waals surface area contributed by atoms with Crippen molar-refractivity contribution in [2.45, 2.75) is 16.3 Å². The Morgan fingerprint density at radius 3 is 2.50 bits per heavy atom. The lowest BCUT2D eigenvalue weighted by atomic mass is 10.1. The zero-order chi connectivity index (χ0) is 12.3. The lowest BCUT2D eigenvalue weighted by Crippen LogP contribution is -2.40. The first kappa shape index (κ1) is 13.6. The Morgan fingerprint density at radius 1 is 1.38 bits per heavy atom. The van der Waals surface area contributed by atoms with E-state index in [2.05, 4.69) is 10.1 Å². The predicted molar refractivity (Wildman–Crippen MR) is 61.5 cm³/mol. The fourth-order valence-corrected chi connectivity index (χ4v) is 1.55. The molecule has 4 nitrogen and oxygen atoms in total. The summed E-state index contributed by atoms with van der Waals surface area (Å²) >= 11 is 16.2. The van der Waals surface area contributed by atoms with Crippen molar-refractivity contribution in [3.8, 4) is 0 Å². The quantitative estimate of drug-likeness (QED) is 0.476. The molecule has 2 atom stereocenters. The molecule has 0 aromatic carbocycles. The number of carbonyl (C=O) groups excluding carboxylic acids is 2. The number of methoxy groups -OCH3 is 1. The van der Waals surface area contributed by atoms with Crippen LogP contribution in [-0.4, -0.2) is 28.8 Å². The van der Waals surface area contributed by atoms with Crippen molar-refractivity contribution in [1.29, 1.82) is 0 Å². The Kier molecular flexibility index (Phi) is 4.47. The second kappa shape index (κ2) is 5.25. The Labute approximate surface area is 108 Å². The SMILES string of the molecule is COC(=O)[C@@H]1C=C[C@H](NC(=O)C(Cl)(Cl)Cl)C1. The number of hydrogen-bond acceptors (Lipinski definition) is 3. The van der Waals surface area contributed by atoms with Gasteiger partial charge in [0.1, 0.15) is 0 Å². The number of halogens is 3. The van der Waals surface area contributed by atoms with Crippen molar-refractivity contribution >= 4 is 46.7 Å². The van der Waals surface area contributed by atoms with Gasteiger partial charge in [0.15, 0.2) is 0 Å². The first-order valence-electron chi connectivity index (χ1n) is 4.48. The highest BCUT2D eigenvalue weighted by atomic mass is 35.6.